The molecule has 4 aliphatic rings. The van der Waals surface area contributed by atoms with E-state index in [9.17, 15) is 19.2 Å². The van der Waals surface area contributed by atoms with Crippen molar-refractivity contribution in [3.05, 3.63) is 0 Å². The molecule has 0 heterocycles. The standard InChI is InChI=1S/C25H36O5/c1-14(5-8-22(29)30-4)17-6-7-18-23-19(13-21(28)25(17,18)3)24(2)10-9-16(26)11-15(24)12-20(23)27/h14-15,17-19,23H,5-13H2,1-4H3/t14-,15-,17+,18-,19-,23+,24-,25+/m0/s1. The van der Waals surface area contributed by atoms with E-state index < -0.39 is 5.41 Å². The van der Waals surface area contributed by atoms with Crippen LogP contribution in [0.1, 0.15) is 78.6 Å². The molecule has 5 heteroatoms. The largest absolute Gasteiger partial charge is 0.469 e. The second kappa shape index (κ2) is 7.56. The van der Waals surface area contributed by atoms with Crippen LogP contribution >= 0.6 is 0 Å². The Bertz CT molecular complexity index is 772. The van der Waals surface area contributed by atoms with E-state index in [0.717, 1.165) is 25.7 Å². The van der Waals surface area contributed by atoms with Crippen LogP contribution in [0.25, 0.3) is 0 Å². The Hall–Kier alpha value is -1.52. The second-order valence-corrected chi connectivity index (χ2v) is 11.0. The molecule has 0 radical (unpaired) electrons. The first kappa shape index (κ1) is 21.7. The lowest BCUT2D eigenvalue weighted by molar-refractivity contribution is -0.166. The predicted molar refractivity (Wildman–Crippen MR) is 111 cm³/mol. The van der Waals surface area contributed by atoms with E-state index >= 15 is 0 Å². The van der Waals surface area contributed by atoms with E-state index in [2.05, 4.69) is 20.8 Å². The smallest absolute Gasteiger partial charge is 0.305 e. The van der Waals surface area contributed by atoms with E-state index in [1.54, 1.807) is 0 Å². The first-order chi connectivity index (χ1) is 14.1. The summed E-state index contributed by atoms with van der Waals surface area (Å²) in [4.78, 5) is 50.7. The van der Waals surface area contributed by atoms with Crippen LogP contribution in [0.3, 0.4) is 0 Å². The average molecular weight is 417 g/mol. The lowest BCUT2D eigenvalue weighted by Gasteiger charge is -2.58. The van der Waals surface area contributed by atoms with Gasteiger partial charge in [0.1, 0.15) is 17.3 Å². The zero-order chi connectivity index (χ0) is 21.8. The van der Waals surface area contributed by atoms with Crippen molar-refractivity contribution in [3.63, 3.8) is 0 Å². The van der Waals surface area contributed by atoms with Gasteiger partial charge in [0.05, 0.1) is 7.11 Å². The zero-order valence-corrected chi connectivity index (χ0v) is 18.9. The molecule has 0 spiro atoms. The highest BCUT2D eigenvalue weighted by atomic mass is 16.5. The van der Waals surface area contributed by atoms with Crippen molar-refractivity contribution in [3.8, 4) is 0 Å². The summed E-state index contributed by atoms with van der Waals surface area (Å²) in [5.74, 6) is 1.41. The molecule has 0 bridgehead atoms. The first-order valence-corrected chi connectivity index (χ1v) is 11.8. The molecule has 0 unspecified atom stereocenters. The number of methoxy groups -OCH3 is 1. The van der Waals surface area contributed by atoms with Gasteiger partial charge >= 0.3 is 5.97 Å². The van der Waals surface area contributed by atoms with Crippen LogP contribution in [0.5, 0.6) is 0 Å². The van der Waals surface area contributed by atoms with Crippen molar-refractivity contribution >= 4 is 23.3 Å². The van der Waals surface area contributed by atoms with Gasteiger partial charge in [0, 0.05) is 43.4 Å². The van der Waals surface area contributed by atoms with Gasteiger partial charge in [-0.05, 0) is 60.7 Å². The van der Waals surface area contributed by atoms with Crippen molar-refractivity contribution in [1.82, 2.24) is 0 Å². The van der Waals surface area contributed by atoms with Gasteiger partial charge in [0.25, 0.3) is 0 Å². The molecule has 0 N–H and O–H groups in total. The molecule has 4 fully saturated rings. The predicted octanol–water partition coefficient (Wildman–Crippen LogP) is 4.16. The molecule has 4 saturated carbocycles. The second-order valence-electron chi connectivity index (χ2n) is 11.0. The van der Waals surface area contributed by atoms with Crippen LogP contribution in [-0.2, 0) is 23.9 Å². The summed E-state index contributed by atoms with van der Waals surface area (Å²) < 4.78 is 4.80. The van der Waals surface area contributed by atoms with Crippen molar-refractivity contribution in [2.45, 2.75) is 78.6 Å². The van der Waals surface area contributed by atoms with Gasteiger partial charge in [-0.3, -0.25) is 19.2 Å². The molecule has 0 aromatic rings. The summed E-state index contributed by atoms with van der Waals surface area (Å²) in [6, 6.07) is 0. The molecular formula is C25H36O5. The Morgan fingerprint density at radius 1 is 1.10 bits per heavy atom. The minimum atomic E-state index is -0.472. The fourth-order valence-electron chi connectivity index (χ4n) is 8.04. The Balaban J connectivity index is 1.60. The summed E-state index contributed by atoms with van der Waals surface area (Å²) in [6.45, 7) is 6.50. The third-order valence-corrected chi connectivity index (χ3v) is 9.94. The van der Waals surface area contributed by atoms with Gasteiger partial charge in [0.2, 0.25) is 0 Å². The van der Waals surface area contributed by atoms with Gasteiger partial charge in [0.15, 0.2) is 0 Å². The summed E-state index contributed by atoms with van der Waals surface area (Å²) in [7, 11) is 1.41. The molecule has 0 saturated heterocycles. The van der Waals surface area contributed by atoms with Gasteiger partial charge in [-0.1, -0.05) is 20.8 Å². The molecule has 4 aliphatic carbocycles. The first-order valence-electron chi connectivity index (χ1n) is 11.8. The monoisotopic (exact) mass is 416 g/mol. The molecule has 0 amide bonds. The lowest BCUT2D eigenvalue weighted by atomic mass is 9.44. The van der Waals surface area contributed by atoms with Crippen LogP contribution < -0.4 is 0 Å². The normalized spacial score (nSPS) is 44.1. The highest BCUT2D eigenvalue weighted by molar-refractivity contribution is 5.93. The third-order valence-electron chi connectivity index (χ3n) is 9.94. The number of ketones is 3. The fraction of sp³-hybridized carbons (Fsp3) is 0.840. The highest BCUT2D eigenvalue weighted by Gasteiger charge is 2.66. The molecule has 0 aromatic heterocycles. The number of carbonyl (C=O) groups is 4. The number of rotatable bonds is 4. The molecule has 4 rings (SSSR count). The zero-order valence-electron chi connectivity index (χ0n) is 18.9. The van der Waals surface area contributed by atoms with E-state index in [0.29, 0.717) is 43.7 Å². The highest BCUT2D eigenvalue weighted by Crippen LogP contribution is 2.66. The fourth-order valence-corrected chi connectivity index (χ4v) is 8.04. The van der Waals surface area contributed by atoms with E-state index in [4.69, 9.17) is 4.74 Å². The van der Waals surface area contributed by atoms with Crippen molar-refractivity contribution in [1.29, 1.82) is 0 Å². The van der Waals surface area contributed by atoms with Gasteiger partial charge in [-0.25, -0.2) is 0 Å². The Labute approximate surface area is 179 Å². The number of ether oxygens (including phenoxy) is 1. The van der Waals surface area contributed by atoms with Gasteiger partial charge < -0.3 is 4.74 Å². The maximum atomic E-state index is 13.7. The number of hydrogen-bond acceptors (Lipinski definition) is 5. The minimum absolute atomic E-state index is 0.0417. The number of Topliss-reactive ketones (excluding diaryl/α,β-unsaturated/α-hetero) is 3. The Morgan fingerprint density at radius 3 is 2.53 bits per heavy atom. The Kier molecular flexibility index (Phi) is 5.47. The third kappa shape index (κ3) is 3.10. The van der Waals surface area contributed by atoms with Crippen LogP contribution in [-0.4, -0.2) is 30.4 Å². The maximum absolute atomic E-state index is 13.7. The van der Waals surface area contributed by atoms with Crippen molar-refractivity contribution in [2.24, 2.45) is 46.3 Å². The lowest BCUT2D eigenvalue weighted by Crippen LogP contribution is -2.60. The quantitative estimate of drug-likeness (QED) is 0.643. The van der Waals surface area contributed by atoms with Crippen LogP contribution in [0, 0.1) is 46.3 Å². The molecule has 8 atom stereocenters. The molecule has 30 heavy (non-hydrogen) atoms. The topological polar surface area (TPSA) is 77.5 Å². The molecule has 0 aromatic carbocycles. The molecule has 5 nitrogen and oxygen atoms in total. The van der Waals surface area contributed by atoms with E-state index in [1.165, 1.54) is 7.11 Å². The maximum Gasteiger partial charge on any atom is 0.305 e. The SMILES string of the molecule is COC(=O)CC[C@H](C)[C@H]1CC[C@H]2[C@H]3C(=O)C[C@@H]4CC(=O)CC[C@]4(C)[C@H]3CC(=O)[C@]12C. The van der Waals surface area contributed by atoms with E-state index in [-0.39, 0.29) is 52.7 Å². The number of esters is 1. The van der Waals surface area contributed by atoms with E-state index in [1.807, 2.05) is 0 Å². The van der Waals surface area contributed by atoms with Crippen LogP contribution in [0.15, 0.2) is 0 Å². The molecular weight excluding hydrogens is 380 g/mol. The summed E-state index contributed by atoms with van der Waals surface area (Å²) in [6.07, 6.45) is 5.87. The summed E-state index contributed by atoms with van der Waals surface area (Å²) in [5, 5.41) is 0. The Morgan fingerprint density at radius 2 is 1.83 bits per heavy atom. The number of hydrogen-bond donors (Lipinski definition) is 0. The van der Waals surface area contributed by atoms with Crippen molar-refractivity contribution in [2.75, 3.05) is 7.11 Å². The summed E-state index contributed by atoms with van der Waals surface area (Å²) in [5.41, 5.74) is -0.544. The molecule has 0 aliphatic heterocycles. The number of carbonyl (C=O) groups excluding carboxylic acids is 4. The van der Waals surface area contributed by atoms with Crippen LogP contribution in [0.4, 0.5) is 0 Å². The van der Waals surface area contributed by atoms with Crippen LogP contribution in [0.2, 0.25) is 0 Å². The minimum Gasteiger partial charge on any atom is -0.469 e. The average Bonchev–Trinajstić information content (AvgIpc) is 3.06. The van der Waals surface area contributed by atoms with Gasteiger partial charge in [-0.2, -0.15) is 0 Å². The van der Waals surface area contributed by atoms with Crippen molar-refractivity contribution < 1.29 is 23.9 Å². The summed E-state index contributed by atoms with van der Waals surface area (Å²) >= 11 is 0. The van der Waals surface area contributed by atoms with Gasteiger partial charge in [-0.15, -0.1) is 0 Å². The number of fused-ring (bicyclic) bond motifs is 5. The molecule has 166 valence electrons.